The van der Waals surface area contributed by atoms with Crippen LogP contribution in [-0.2, 0) is 16.1 Å². The van der Waals surface area contributed by atoms with Crippen LogP contribution in [0.5, 0.6) is 0 Å². The summed E-state index contributed by atoms with van der Waals surface area (Å²) in [6, 6.07) is 9.69. The highest BCUT2D eigenvalue weighted by atomic mass is 16.6. The summed E-state index contributed by atoms with van der Waals surface area (Å²) in [5.74, 6) is 0.367. The molecule has 0 saturated carbocycles. The number of ether oxygens (including phenoxy) is 1. The zero-order chi connectivity index (χ0) is 17.6. The molecule has 1 aromatic carbocycles. The number of nitrogens with one attached hydrogen (secondary N) is 1. The molecule has 2 amide bonds. The van der Waals surface area contributed by atoms with E-state index < -0.39 is 0 Å². The third-order valence-electron chi connectivity index (χ3n) is 5.06. The van der Waals surface area contributed by atoms with Crippen LogP contribution in [0.3, 0.4) is 0 Å². The lowest BCUT2D eigenvalue weighted by molar-refractivity contribution is -0.140. The van der Waals surface area contributed by atoms with Crippen molar-refractivity contribution in [2.75, 3.05) is 32.7 Å². The molecule has 1 aromatic rings. The minimum Gasteiger partial charge on any atom is -0.445 e. The normalized spacial score (nSPS) is 21.9. The van der Waals surface area contributed by atoms with Gasteiger partial charge in [0.1, 0.15) is 6.61 Å². The molecule has 2 saturated heterocycles. The molecular weight excluding hydrogens is 318 g/mol. The average molecular weight is 345 g/mol. The first-order valence-corrected chi connectivity index (χ1v) is 9.12. The Morgan fingerprint density at radius 2 is 1.88 bits per heavy atom. The summed E-state index contributed by atoms with van der Waals surface area (Å²) in [6.07, 6.45) is 1.51. The molecular formula is C19H27N3O3. The molecule has 2 aliphatic heterocycles. The van der Waals surface area contributed by atoms with Crippen LogP contribution >= 0.6 is 0 Å². The van der Waals surface area contributed by atoms with Gasteiger partial charge in [-0.1, -0.05) is 30.3 Å². The monoisotopic (exact) mass is 345 g/mol. The Morgan fingerprint density at radius 1 is 1.16 bits per heavy atom. The Morgan fingerprint density at radius 3 is 2.56 bits per heavy atom. The third kappa shape index (κ3) is 4.51. The maximum atomic E-state index is 12.7. The van der Waals surface area contributed by atoms with Gasteiger partial charge in [-0.25, -0.2) is 4.79 Å². The molecule has 25 heavy (non-hydrogen) atoms. The zero-order valence-electron chi connectivity index (χ0n) is 14.8. The molecule has 6 heteroatoms. The first kappa shape index (κ1) is 17.7. The van der Waals surface area contributed by atoms with E-state index in [1.165, 1.54) is 0 Å². The number of nitrogens with zero attached hydrogens (tertiary/aromatic N) is 2. The van der Waals surface area contributed by atoms with Gasteiger partial charge in [0.15, 0.2) is 0 Å². The van der Waals surface area contributed by atoms with E-state index in [2.05, 4.69) is 5.32 Å². The van der Waals surface area contributed by atoms with Gasteiger partial charge in [0.05, 0.1) is 0 Å². The summed E-state index contributed by atoms with van der Waals surface area (Å²) in [6.45, 7) is 5.77. The van der Waals surface area contributed by atoms with Gasteiger partial charge in [-0.15, -0.1) is 0 Å². The maximum absolute atomic E-state index is 12.7. The number of carbonyl (C=O) groups is 2. The number of benzene rings is 1. The Kier molecular flexibility index (Phi) is 5.91. The van der Waals surface area contributed by atoms with Crippen LogP contribution in [0.1, 0.15) is 25.3 Å². The van der Waals surface area contributed by atoms with Crippen molar-refractivity contribution in [3.8, 4) is 0 Å². The molecule has 2 fully saturated rings. The molecule has 0 aromatic heterocycles. The lowest BCUT2D eigenvalue weighted by Gasteiger charge is -2.41. The lowest BCUT2D eigenvalue weighted by Crippen LogP contribution is -2.57. The Hall–Kier alpha value is -2.08. The second-order valence-electron chi connectivity index (χ2n) is 6.89. The predicted octanol–water partition coefficient (Wildman–Crippen LogP) is 1.86. The summed E-state index contributed by atoms with van der Waals surface area (Å²) in [5, 5.41) is 3.29. The topological polar surface area (TPSA) is 61.9 Å². The van der Waals surface area contributed by atoms with E-state index in [-0.39, 0.29) is 30.6 Å². The van der Waals surface area contributed by atoms with Crippen molar-refractivity contribution in [3.63, 3.8) is 0 Å². The summed E-state index contributed by atoms with van der Waals surface area (Å²) in [5.41, 5.74) is 0.976. The van der Waals surface area contributed by atoms with Gasteiger partial charge >= 0.3 is 6.09 Å². The summed E-state index contributed by atoms with van der Waals surface area (Å²) in [7, 11) is 0. The lowest BCUT2D eigenvalue weighted by atomic mass is 9.95. The van der Waals surface area contributed by atoms with Gasteiger partial charge in [0, 0.05) is 31.6 Å². The number of amides is 2. The second kappa shape index (κ2) is 8.34. The standard InChI is InChI=1S/C19H27N3O3/c1-15-13-21(19(24)25-14-16-5-3-2-4-6-16)11-12-22(15)18(23)17-7-9-20-10-8-17/h2-6,15,17,20H,7-14H2,1H3/t15-/m1/s1. The smallest absolute Gasteiger partial charge is 0.410 e. The van der Waals surface area contributed by atoms with Crippen LogP contribution in [0.25, 0.3) is 0 Å². The molecule has 0 unspecified atom stereocenters. The van der Waals surface area contributed by atoms with E-state index in [0.717, 1.165) is 31.5 Å². The average Bonchev–Trinajstić information content (AvgIpc) is 2.67. The molecule has 0 radical (unpaired) electrons. The van der Waals surface area contributed by atoms with Gasteiger partial charge < -0.3 is 19.9 Å². The predicted molar refractivity (Wildman–Crippen MR) is 95.0 cm³/mol. The van der Waals surface area contributed by atoms with Crippen molar-refractivity contribution in [2.45, 2.75) is 32.4 Å². The Balaban J connectivity index is 1.49. The second-order valence-corrected chi connectivity index (χ2v) is 6.89. The highest BCUT2D eigenvalue weighted by Crippen LogP contribution is 2.20. The van der Waals surface area contributed by atoms with Crippen LogP contribution in [0.2, 0.25) is 0 Å². The first-order chi connectivity index (χ1) is 12.1. The summed E-state index contributed by atoms with van der Waals surface area (Å²) < 4.78 is 5.40. The molecule has 136 valence electrons. The molecule has 1 N–H and O–H groups in total. The van der Waals surface area contributed by atoms with Gasteiger partial charge in [0.2, 0.25) is 5.91 Å². The van der Waals surface area contributed by atoms with Crippen LogP contribution in [0, 0.1) is 5.92 Å². The van der Waals surface area contributed by atoms with Gasteiger partial charge in [-0.2, -0.15) is 0 Å². The van der Waals surface area contributed by atoms with Crippen molar-refractivity contribution < 1.29 is 14.3 Å². The van der Waals surface area contributed by atoms with Crippen molar-refractivity contribution >= 4 is 12.0 Å². The van der Waals surface area contributed by atoms with Gasteiger partial charge in [0.25, 0.3) is 0 Å². The van der Waals surface area contributed by atoms with Crippen LogP contribution in [-0.4, -0.2) is 60.6 Å². The van der Waals surface area contributed by atoms with Crippen molar-refractivity contribution in [3.05, 3.63) is 35.9 Å². The van der Waals surface area contributed by atoms with E-state index in [9.17, 15) is 9.59 Å². The number of hydrogen-bond donors (Lipinski definition) is 1. The van der Waals surface area contributed by atoms with E-state index in [0.29, 0.717) is 19.6 Å². The summed E-state index contributed by atoms with van der Waals surface area (Å²) >= 11 is 0. The molecule has 1 atom stereocenters. The fourth-order valence-electron chi connectivity index (χ4n) is 3.56. The molecule has 2 aliphatic rings. The fraction of sp³-hybridized carbons (Fsp3) is 0.579. The van der Waals surface area contributed by atoms with E-state index >= 15 is 0 Å². The molecule has 6 nitrogen and oxygen atoms in total. The third-order valence-corrected chi connectivity index (χ3v) is 5.06. The Bertz CT molecular complexity index is 587. The van der Waals surface area contributed by atoms with Crippen LogP contribution < -0.4 is 5.32 Å². The maximum Gasteiger partial charge on any atom is 0.410 e. The van der Waals surface area contributed by atoms with Crippen LogP contribution in [0.4, 0.5) is 4.79 Å². The molecule has 0 spiro atoms. The Labute approximate surface area is 149 Å². The minimum absolute atomic E-state index is 0.0282. The highest BCUT2D eigenvalue weighted by molar-refractivity contribution is 5.79. The molecule has 0 aliphatic carbocycles. The summed E-state index contributed by atoms with van der Waals surface area (Å²) in [4.78, 5) is 28.7. The van der Waals surface area contributed by atoms with Gasteiger partial charge in [-0.3, -0.25) is 4.79 Å². The number of piperazine rings is 1. The van der Waals surface area contributed by atoms with E-state index in [1.807, 2.05) is 42.2 Å². The molecule has 3 rings (SSSR count). The van der Waals surface area contributed by atoms with Gasteiger partial charge in [-0.05, 0) is 38.4 Å². The number of carbonyl (C=O) groups excluding carboxylic acids is 2. The van der Waals surface area contributed by atoms with E-state index in [1.54, 1.807) is 4.90 Å². The zero-order valence-corrected chi connectivity index (χ0v) is 14.8. The minimum atomic E-state index is -0.301. The fourth-order valence-corrected chi connectivity index (χ4v) is 3.56. The van der Waals surface area contributed by atoms with Crippen molar-refractivity contribution in [1.29, 1.82) is 0 Å². The number of rotatable bonds is 3. The van der Waals surface area contributed by atoms with Crippen LogP contribution in [0.15, 0.2) is 30.3 Å². The van der Waals surface area contributed by atoms with Crippen molar-refractivity contribution in [1.82, 2.24) is 15.1 Å². The quantitative estimate of drug-likeness (QED) is 0.908. The molecule has 0 bridgehead atoms. The highest BCUT2D eigenvalue weighted by Gasteiger charge is 2.34. The first-order valence-electron chi connectivity index (χ1n) is 9.12. The van der Waals surface area contributed by atoms with E-state index in [4.69, 9.17) is 4.74 Å². The number of piperidine rings is 1. The molecule has 2 heterocycles. The number of hydrogen-bond acceptors (Lipinski definition) is 4. The largest absolute Gasteiger partial charge is 0.445 e. The van der Waals surface area contributed by atoms with Crippen molar-refractivity contribution in [2.24, 2.45) is 5.92 Å². The SMILES string of the molecule is C[C@@H]1CN(C(=O)OCc2ccccc2)CCN1C(=O)C1CCNCC1.